The normalized spacial score (nSPS) is 10.7. The molecule has 0 aliphatic carbocycles. The summed E-state index contributed by atoms with van der Waals surface area (Å²) in [5, 5.41) is 4.70. The molecular weight excluding hydrogens is 402 g/mol. The first-order valence-electron chi connectivity index (χ1n) is 9.47. The summed E-state index contributed by atoms with van der Waals surface area (Å²) >= 11 is 6.01. The van der Waals surface area contributed by atoms with E-state index in [1.54, 1.807) is 30.7 Å². The SMILES string of the molecule is Cc1cc(OCCCOc2ccc(/C=N/NC(=O)c3ccncc3)cc2)ccc1Cl. The standard InChI is InChI=1S/C23H22ClN3O3/c1-17-15-21(7-8-22(17)24)30-14-2-13-29-20-5-3-18(4-6-20)16-26-27-23(28)19-9-11-25-12-10-19/h3-12,15-16H,2,13-14H2,1H3,(H,27,28)/b26-16+. The van der Waals surface area contributed by atoms with Crippen molar-refractivity contribution < 1.29 is 14.3 Å². The van der Waals surface area contributed by atoms with Gasteiger partial charge in [0.2, 0.25) is 0 Å². The molecule has 0 unspecified atom stereocenters. The van der Waals surface area contributed by atoms with Crippen molar-refractivity contribution in [1.82, 2.24) is 10.4 Å². The molecule has 3 rings (SSSR count). The number of hydrazone groups is 1. The fourth-order valence-electron chi connectivity index (χ4n) is 2.53. The first kappa shape index (κ1) is 21.3. The molecule has 30 heavy (non-hydrogen) atoms. The van der Waals surface area contributed by atoms with Gasteiger partial charge in [0.05, 0.1) is 19.4 Å². The van der Waals surface area contributed by atoms with Crippen molar-refractivity contribution in [3.8, 4) is 11.5 Å². The zero-order chi connectivity index (χ0) is 21.2. The summed E-state index contributed by atoms with van der Waals surface area (Å²) in [6.45, 7) is 3.05. The van der Waals surface area contributed by atoms with Crippen LogP contribution in [-0.4, -0.2) is 30.3 Å². The number of amides is 1. The number of hydrogen-bond donors (Lipinski definition) is 1. The highest BCUT2D eigenvalue weighted by Crippen LogP contribution is 2.21. The molecule has 2 aromatic carbocycles. The van der Waals surface area contributed by atoms with Gasteiger partial charge in [0.1, 0.15) is 11.5 Å². The van der Waals surface area contributed by atoms with Gasteiger partial charge in [-0.1, -0.05) is 11.6 Å². The van der Waals surface area contributed by atoms with E-state index in [1.165, 1.54) is 0 Å². The largest absolute Gasteiger partial charge is 0.493 e. The molecule has 1 amide bonds. The van der Waals surface area contributed by atoms with E-state index in [4.69, 9.17) is 21.1 Å². The molecule has 1 heterocycles. The minimum Gasteiger partial charge on any atom is -0.493 e. The van der Waals surface area contributed by atoms with E-state index in [0.717, 1.165) is 34.1 Å². The van der Waals surface area contributed by atoms with E-state index in [0.29, 0.717) is 18.8 Å². The van der Waals surface area contributed by atoms with Crippen molar-refractivity contribution in [2.24, 2.45) is 5.10 Å². The highest BCUT2D eigenvalue weighted by atomic mass is 35.5. The molecule has 0 spiro atoms. The quantitative estimate of drug-likeness (QED) is 0.309. The number of aryl methyl sites for hydroxylation is 1. The minimum absolute atomic E-state index is 0.287. The van der Waals surface area contributed by atoms with Crippen LogP contribution in [0.25, 0.3) is 0 Å². The Morgan fingerprint density at radius 3 is 2.40 bits per heavy atom. The van der Waals surface area contributed by atoms with Gasteiger partial charge >= 0.3 is 0 Å². The molecule has 0 aliphatic heterocycles. The van der Waals surface area contributed by atoms with E-state index in [9.17, 15) is 4.79 Å². The third-order valence-corrected chi connectivity index (χ3v) is 4.58. The summed E-state index contributed by atoms with van der Waals surface area (Å²) in [5.41, 5.74) is 4.82. The Morgan fingerprint density at radius 2 is 1.70 bits per heavy atom. The van der Waals surface area contributed by atoms with Gasteiger partial charge in [-0.2, -0.15) is 5.10 Å². The molecule has 1 aromatic heterocycles. The molecule has 1 N–H and O–H groups in total. The number of aromatic nitrogens is 1. The van der Waals surface area contributed by atoms with Gasteiger partial charge in [0.15, 0.2) is 0 Å². The molecule has 0 bridgehead atoms. The van der Waals surface area contributed by atoms with Crippen molar-refractivity contribution in [3.63, 3.8) is 0 Å². The van der Waals surface area contributed by atoms with Crippen LogP contribution < -0.4 is 14.9 Å². The molecule has 0 fully saturated rings. The fraction of sp³-hybridized carbons (Fsp3) is 0.174. The zero-order valence-corrected chi connectivity index (χ0v) is 17.3. The number of carbonyl (C=O) groups excluding carboxylic acids is 1. The van der Waals surface area contributed by atoms with Gasteiger partial charge < -0.3 is 9.47 Å². The lowest BCUT2D eigenvalue weighted by atomic mass is 10.2. The second-order valence-electron chi connectivity index (χ2n) is 6.47. The molecule has 0 atom stereocenters. The average molecular weight is 424 g/mol. The van der Waals surface area contributed by atoms with Crippen LogP contribution in [-0.2, 0) is 0 Å². The lowest BCUT2D eigenvalue weighted by Gasteiger charge is -2.09. The number of pyridine rings is 1. The van der Waals surface area contributed by atoms with Gasteiger partial charge in [-0.25, -0.2) is 5.43 Å². The molecule has 0 aliphatic rings. The van der Waals surface area contributed by atoms with Crippen LogP contribution in [0.3, 0.4) is 0 Å². The minimum atomic E-state index is -0.287. The van der Waals surface area contributed by atoms with E-state index < -0.39 is 0 Å². The summed E-state index contributed by atoms with van der Waals surface area (Å²) in [6, 6.07) is 16.3. The Bertz CT molecular complexity index is 992. The van der Waals surface area contributed by atoms with Gasteiger partial charge in [-0.15, -0.1) is 0 Å². The van der Waals surface area contributed by atoms with E-state index in [1.807, 2.05) is 49.4 Å². The molecule has 154 valence electrons. The lowest BCUT2D eigenvalue weighted by molar-refractivity contribution is 0.0955. The topological polar surface area (TPSA) is 72.8 Å². The van der Waals surface area contributed by atoms with Gasteiger partial charge in [-0.05, 0) is 72.6 Å². The summed E-state index contributed by atoms with van der Waals surface area (Å²) in [4.78, 5) is 15.8. The van der Waals surface area contributed by atoms with Crippen LogP contribution in [0.1, 0.15) is 27.9 Å². The lowest BCUT2D eigenvalue weighted by Crippen LogP contribution is -2.17. The number of ether oxygens (including phenoxy) is 2. The molecule has 3 aromatic rings. The fourth-order valence-corrected chi connectivity index (χ4v) is 2.65. The van der Waals surface area contributed by atoms with Crippen molar-refractivity contribution in [3.05, 3.63) is 88.7 Å². The summed E-state index contributed by atoms with van der Waals surface area (Å²) in [7, 11) is 0. The van der Waals surface area contributed by atoms with Crippen LogP contribution in [0, 0.1) is 6.92 Å². The Kier molecular flexibility index (Phi) is 7.80. The van der Waals surface area contributed by atoms with E-state index in [2.05, 4.69) is 15.5 Å². The number of halogens is 1. The second kappa shape index (κ2) is 11.0. The second-order valence-corrected chi connectivity index (χ2v) is 6.87. The Balaban J connectivity index is 1.37. The molecule has 0 saturated heterocycles. The first-order chi connectivity index (χ1) is 14.6. The third kappa shape index (κ3) is 6.60. The van der Waals surface area contributed by atoms with Crippen LogP contribution in [0.15, 0.2) is 72.1 Å². The van der Waals surface area contributed by atoms with Crippen LogP contribution in [0.5, 0.6) is 11.5 Å². The van der Waals surface area contributed by atoms with Crippen molar-refractivity contribution in [2.45, 2.75) is 13.3 Å². The number of hydrogen-bond acceptors (Lipinski definition) is 5. The smallest absolute Gasteiger partial charge is 0.271 e. The molecular formula is C23H22ClN3O3. The molecule has 7 heteroatoms. The summed E-state index contributed by atoms with van der Waals surface area (Å²) in [6.07, 6.45) is 5.45. The average Bonchev–Trinajstić information content (AvgIpc) is 2.77. The van der Waals surface area contributed by atoms with Crippen LogP contribution in [0.2, 0.25) is 5.02 Å². The van der Waals surface area contributed by atoms with Gasteiger partial charge in [-0.3, -0.25) is 9.78 Å². The molecule has 0 radical (unpaired) electrons. The highest BCUT2D eigenvalue weighted by Gasteiger charge is 2.02. The van der Waals surface area contributed by atoms with Gasteiger partial charge in [0, 0.05) is 29.4 Å². The number of nitrogens with one attached hydrogen (secondary N) is 1. The van der Waals surface area contributed by atoms with Gasteiger partial charge in [0.25, 0.3) is 5.91 Å². The molecule has 6 nitrogen and oxygen atoms in total. The number of benzene rings is 2. The van der Waals surface area contributed by atoms with E-state index in [-0.39, 0.29) is 5.91 Å². The number of nitrogens with zero attached hydrogens (tertiary/aromatic N) is 2. The Labute approximate surface area is 180 Å². The van der Waals surface area contributed by atoms with Crippen molar-refractivity contribution in [1.29, 1.82) is 0 Å². The Morgan fingerprint density at radius 1 is 1.03 bits per heavy atom. The zero-order valence-electron chi connectivity index (χ0n) is 16.5. The monoisotopic (exact) mass is 423 g/mol. The number of carbonyl (C=O) groups is 1. The predicted octanol–water partition coefficient (Wildman–Crippen LogP) is 4.66. The number of rotatable bonds is 9. The summed E-state index contributed by atoms with van der Waals surface area (Å²) < 4.78 is 11.4. The van der Waals surface area contributed by atoms with Crippen molar-refractivity contribution >= 4 is 23.7 Å². The maximum Gasteiger partial charge on any atom is 0.271 e. The van der Waals surface area contributed by atoms with Crippen LogP contribution in [0.4, 0.5) is 0 Å². The van der Waals surface area contributed by atoms with Crippen molar-refractivity contribution in [2.75, 3.05) is 13.2 Å². The molecule has 0 saturated carbocycles. The third-order valence-electron chi connectivity index (χ3n) is 4.16. The Hall–Kier alpha value is -3.38. The highest BCUT2D eigenvalue weighted by molar-refractivity contribution is 6.31. The predicted molar refractivity (Wildman–Crippen MR) is 118 cm³/mol. The van der Waals surface area contributed by atoms with E-state index >= 15 is 0 Å². The first-order valence-corrected chi connectivity index (χ1v) is 9.85. The maximum atomic E-state index is 11.9. The maximum absolute atomic E-state index is 11.9. The van der Waals surface area contributed by atoms with Crippen LogP contribution >= 0.6 is 11.6 Å². The summed E-state index contributed by atoms with van der Waals surface area (Å²) in [5.74, 6) is 1.27.